The average molecular weight is 357 g/mol. The Morgan fingerprint density at radius 3 is 2.69 bits per heavy atom. The highest BCUT2D eigenvalue weighted by Crippen LogP contribution is 2.23. The summed E-state index contributed by atoms with van der Waals surface area (Å²) in [7, 11) is 1.53. The molecular formula is C19H23N3O4. The Morgan fingerprint density at radius 1 is 1.31 bits per heavy atom. The molecule has 2 heterocycles. The molecule has 7 heteroatoms. The van der Waals surface area contributed by atoms with Crippen LogP contribution in [0.4, 0.5) is 0 Å². The Morgan fingerprint density at radius 2 is 2.08 bits per heavy atom. The standard InChI is InChI=1S/C19H23N3O4/c1-12-7-13(2)22(20-12)10-14-5-4-6-15(8-14)18(23)21-11-16(26-3)9-17(21)19(24)25/h4-8,16-17H,9-11H2,1-3H3,(H,24,25). The highest BCUT2D eigenvalue weighted by atomic mass is 16.5. The number of hydrogen-bond acceptors (Lipinski definition) is 4. The molecule has 1 aliphatic rings. The summed E-state index contributed by atoms with van der Waals surface area (Å²) in [4.78, 5) is 25.8. The van der Waals surface area contributed by atoms with Gasteiger partial charge in [-0.1, -0.05) is 12.1 Å². The maximum absolute atomic E-state index is 12.9. The van der Waals surface area contributed by atoms with E-state index < -0.39 is 12.0 Å². The number of aliphatic carboxylic acids is 1. The molecule has 2 unspecified atom stereocenters. The molecule has 1 aromatic carbocycles. The van der Waals surface area contributed by atoms with Crippen molar-refractivity contribution in [1.82, 2.24) is 14.7 Å². The monoisotopic (exact) mass is 357 g/mol. The van der Waals surface area contributed by atoms with Crippen molar-refractivity contribution in [1.29, 1.82) is 0 Å². The summed E-state index contributed by atoms with van der Waals surface area (Å²) in [6, 6.07) is 8.41. The zero-order chi connectivity index (χ0) is 18.8. The first kappa shape index (κ1) is 18.1. The number of nitrogens with zero attached hydrogens (tertiary/aromatic N) is 3. The number of methoxy groups -OCH3 is 1. The van der Waals surface area contributed by atoms with Gasteiger partial charge in [-0.3, -0.25) is 9.48 Å². The van der Waals surface area contributed by atoms with Gasteiger partial charge in [0.25, 0.3) is 5.91 Å². The first-order chi connectivity index (χ1) is 12.4. The van der Waals surface area contributed by atoms with Crippen LogP contribution in [0.3, 0.4) is 0 Å². The number of benzene rings is 1. The average Bonchev–Trinajstić information content (AvgIpc) is 3.18. The predicted octanol–water partition coefficient (Wildman–Crippen LogP) is 1.86. The third kappa shape index (κ3) is 3.62. The Kier molecular flexibility index (Phi) is 5.08. The smallest absolute Gasteiger partial charge is 0.326 e. The van der Waals surface area contributed by atoms with Gasteiger partial charge in [-0.2, -0.15) is 5.10 Å². The van der Waals surface area contributed by atoms with Crippen LogP contribution < -0.4 is 0 Å². The van der Waals surface area contributed by atoms with Gasteiger partial charge in [0.05, 0.1) is 18.3 Å². The fourth-order valence-corrected chi connectivity index (χ4v) is 3.40. The number of aryl methyl sites for hydroxylation is 2. The molecule has 1 fully saturated rings. The van der Waals surface area contributed by atoms with E-state index in [0.717, 1.165) is 17.0 Å². The highest BCUT2D eigenvalue weighted by molar-refractivity contribution is 5.97. The van der Waals surface area contributed by atoms with E-state index in [0.29, 0.717) is 18.5 Å². The van der Waals surface area contributed by atoms with Crippen molar-refractivity contribution in [3.63, 3.8) is 0 Å². The number of amides is 1. The minimum Gasteiger partial charge on any atom is -0.480 e. The number of carboxylic acids is 1. The van der Waals surface area contributed by atoms with Crippen LogP contribution in [-0.2, 0) is 16.1 Å². The summed E-state index contributed by atoms with van der Waals surface area (Å²) in [6.45, 7) is 4.77. The number of carbonyl (C=O) groups excluding carboxylic acids is 1. The molecule has 1 amide bonds. The molecule has 3 rings (SSSR count). The van der Waals surface area contributed by atoms with Gasteiger partial charge in [-0.25, -0.2) is 4.79 Å². The second-order valence-electron chi connectivity index (χ2n) is 6.69. The van der Waals surface area contributed by atoms with Gasteiger partial charge in [0.2, 0.25) is 0 Å². The topological polar surface area (TPSA) is 84.7 Å². The van der Waals surface area contributed by atoms with Crippen LogP contribution in [-0.4, -0.2) is 57.5 Å². The van der Waals surface area contributed by atoms with E-state index in [1.807, 2.05) is 36.7 Å². The third-order valence-electron chi connectivity index (χ3n) is 4.75. The number of likely N-dealkylation sites (tertiary alicyclic amines) is 1. The minimum atomic E-state index is -1.00. The first-order valence-electron chi connectivity index (χ1n) is 8.55. The van der Waals surface area contributed by atoms with Gasteiger partial charge in [0, 0.05) is 31.3 Å². The number of hydrogen-bond donors (Lipinski definition) is 1. The fourth-order valence-electron chi connectivity index (χ4n) is 3.40. The molecule has 0 aliphatic carbocycles. The number of carboxylic acid groups (broad SMARTS) is 1. The summed E-state index contributed by atoms with van der Waals surface area (Å²) in [5, 5.41) is 13.9. The Balaban J connectivity index is 1.81. The largest absolute Gasteiger partial charge is 0.480 e. The van der Waals surface area contributed by atoms with Gasteiger partial charge in [0.1, 0.15) is 6.04 Å². The van der Waals surface area contributed by atoms with Crippen LogP contribution in [0.15, 0.2) is 30.3 Å². The number of ether oxygens (including phenoxy) is 1. The molecule has 0 bridgehead atoms. The van der Waals surface area contributed by atoms with Gasteiger partial charge in [-0.05, 0) is 37.6 Å². The summed E-state index contributed by atoms with van der Waals surface area (Å²) in [6.07, 6.45) is 0.0566. The molecule has 7 nitrogen and oxygen atoms in total. The van der Waals surface area contributed by atoms with E-state index in [9.17, 15) is 14.7 Å². The lowest BCUT2D eigenvalue weighted by Crippen LogP contribution is -2.40. The van der Waals surface area contributed by atoms with Crippen molar-refractivity contribution in [2.45, 2.75) is 39.0 Å². The van der Waals surface area contributed by atoms with Crippen molar-refractivity contribution in [2.75, 3.05) is 13.7 Å². The van der Waals surface area contributed by atoms with E-state index in [1.54, 1.807) is 12.1 Å². The fraction of sp³-hybridized carbons (Fsp3) is 0.421. The molecule has 1 aromatic heterocycles. The summed E-state index contributed by atoms with van der Waals surface area (Å²) < 4.78 is 7.14. The van der Waals surface area contributed by atoms with Crippen molar-refractivity contribution in [3.05, 3.63) is 52.8 Å². The van der Waals surface area contributed by atoms with Crippen LogP contribution in [0.5, 0.6) is 0 Å². The quantitative estimate of drug-likeness (QED) is 0.883. The van der Waals surface area contributed by atoms with Crippen LogP contribution in [0.25, 0.3) is 0 Å². The maximum Gasteiger partial charge on any atom is 0.326 e. The number of carbonyl (C=O) groups is 2. The lowest BCUT2D eigenvalue weighted by atomic mass is 10.1. The molecule has 1 saturated heterocycles. The van der Waals surface area contributed by atoms with Crippen molar-refractivity contribution in [3.8, 4) is 0 Å². The second kappa shape index (κ2) is 7.29. The zero-order valence-corrected chi connectivity index (χ0v) is 15.2. The molecule has 1 N–H and O–H groups in total. The molecule has 2 aromatic rings. The first-order valence-corrected chi connectivity index (χ1v) is 8.55. The lowest BCUT2D eigenvalue weighted by molar-refractivity contribution is -0.141. The van der Waals surface area contributed by atoms with Gasteiger partial charge in [-0.15, -0.1) is 0 Å². The third-order valence-corrected chi connectivity index (χ3v) is 4.75. The number of aromatic nitrogens is 2. The van der Waals surface area contributed by atoms with Gasteiger partial charge >= 0.3 is 5.97 Å². The van der Waals surface area contributed by atoms with E-state index >= 15 is 0 Å². The Hall–Kier alpha value is -2.67. The molecule has 1 aliphatic heterocycles. The highest BCUT2D eigenvalue weighted by Gasteiger charge is 2.40. The van der Waals surface area contributed by atoms with Crippen LogP contribution >= 0.6 is 0 Å². The van der Waals surface area contributed by atoms with Gasteiger partial charge < -0.3 is 14.7 Å². The SMILES string of the molecule is COC1CC(C(=O)O)N(C(=O)c2cccc(Cn3nc(C)cc3C)c2)C1. The van der Waals surface area contributed by atoms with E-state index in [4.69, 9.17) is 4.74 Å². The zero-order valence-electron chi connectivity index (χ0n) is 15.2. The molecule has 0 spiro atoms. The van der Waals surface area contributed by atoms with E-state index in [1.165, 1.54) is 12.0 Å². The Labute approximate surface area is 152 Å². The second-order valence-corrected chi connectivity index (χ2v) is 6.69. The normalized spacial score (nSPS) is 19.7. The van der Waals surface area contributed by atoms with Crippen molar-refractivity contribution < 1.29 is 19.4 Å². The summed E-state index contributed by atoms with van der Waals surface area (Å²) in [5.74, 6) is -1.29. The molecular weight excluding hydrogens is 334 g/mol. The summed E-state index contributed by atoms with van der Waals surface area (Å²) in [5.41, 5.74) is 3.41. The maximum atomic E-state index is 12.9. The van der Waals surface area contributed by atoms with E-state index in [2.05, 4.69) is 5.10 Å². The van der Waals surface area contributed by atoms with Crippen molar-refractivity contribution >= 4 is 11.9 Å². The lowest BCUT2D eigenvalue weighted by Gasteiger charge is -2.21. The predicted molar refractivity (Wildman–Crippen MR) is 95.1 cm³/mol. The molecule has 0 radical (unpaired) electrons. The summed E-state index contributed by atoms with van der Waals surface area (Å²) >= 11 is 0. The Bertz CT molecular complexity index is 830. The van der Waals surface area contributed by atoms with Crippen molar-refractivity contribution in [2.24, 2.45) is 0 Å². The van der Waals surface area contributed by atoms with Gasteiger partial charge in [0.15, 0.2) is 0 Å². The molecule has 2 atom stereocenters. The molecule has 26 heavy (non-hydrogen) atoms. The molecule has 0 saturated carbocycles. The van der Waals surface area contributed by atoms with Crippen LogP contribution in [0, 0.1) is 13.8 Å². The minimum absolute atomic E-state index is 0.252. The van der Waals surface area contributed by atoms with Crippen LogP contribution in [0.2, 0.25) is 0 Å². The molecule has 138 valence electrons. The number of rotatable bonds is 5. The van der Waals surface area contributed by atoms with Crippen LogP contribution in [0.1, 0.15) is 33.7 Å². The van der Waals surface area contributed by atoms with E-state index in [-0.39, 0.29) is 18.6 Å².